The van der Waals surface area contributed by atoms with Gasteiger partial charge in [0, 0.05) is 13.2 Å². The van der Waals surface area contributed by atoms with Crippen molar-refractivity contribution in [2.45, 2.75) is 26.6 Å². The summed E-state index contributed by atoms with van der Waals surface area (Å²) in [6.07, 6.45) is 0.0626. The third kappa shape index (κ3) is 4.39. The van der Waals surface area contributed by atoms with Gasteiger partial charge in [-0.05, 0) is 43.7 Å². The van der Waals surface area contributed by atoms with Crippen LogP contribution in [0.15, 0.2) is 42.5 Å². The van der Waals surface area contributed by atoms with E-state index in [0.29, 0.717) is 23.8 Å². The molecule has 0 saturated heterocycles. The lowest BCUT2D eigenvalue weighted by Gasteiger charge is -2.14. The second kappa shape index (κ2) is 6.99. The van der Waals surface area contributed by atoms with Crippen LogP contribution in [0.25, 0.3) is 0 Å². The van der Waals surface area contributed by atoms with Crippen molar-refractivity contribution in [3.8, 4) is 17.2 Å². The Kier molecular flexibility index (Phi) is 5.06. The zero-order valence-corrected chi connectivity index (χ0v) is 12.6. The van der Waals surface area contributed by atoms with Gasteiger partial charge in [0.2, 0.25) is 0 Å². The molecule has 0 aliphatic rings. The van der Waals surface area contributed by atoms with Crippen molar-refractivity contribution in [2.75, 3.05) is 12.8 Å². The Morgan fingerprint density at radius 2 is 1.81 bits per heavy atom. The molecule has 0 spiro atoms. The van der Waals surface area contributed by atoms with Crippen LogP contribution < -0.4 is 15.2 Å². The van der Waals surface area contributed by atoms with Gasteiger partial charge in [-0.1, -0.05) is 12.1 Å². The van der Waals surface area contributed by atoms with E-state index in [9.17, 15) is 0 Å². The Morgan fingerprint density at radius 3 is 2.52 bits per heavy atom. The van der Waals surface area contributed by atoms with E-state index >= 15 is 0 Å². The largest absolute Gasteiger partial charge is 0.489 e. The highest BCUT2D eigenvalue weighted by atomic mass is 16.5. The second-order valence-corrected chi connectivity index (χ2v) is 5.05. The number of nitrogens with two attached hydrogens (primary N) is 1. The smallest absolute Gasteiger partial charge is 0.146 e. The Hall–Kier alpha value is -2.20. The summed E-state index contributed by atoms with van der Waals surface area (Å²) in [5.41, 5.74) is 7.56. The number of hydrogen-bond acceptors (Lipinski definition) is 4. The molecule has 21 heavy (non-hydrogen) atoms. The molecule has 4 nitrogen and oxygen atoms in total. The van der Waals surface area contributed by atoms with Crippen molar-refractivity contribution in [2.24, 2.45) is 0 Å². The molecule has 0 saturated carbocycles. The predicted octanol–water partition coefficient (Wildman–Crippen LogP) is 3.99. The van der Waals surface area contributed by atoms with E-state index in [1.807, 2.05) is 44.2 Å². The molecule has 0 aromatic heterocycles. The van der Waals surface area contributed by atoms with E-state index in [0.717, 1.165) is 11.3 Å². The van der Waals surface area contributed by atoms with Gasteiger partial charge in [0.1, 0.15) is 17.2 Å². The van der Waals surface area contributed by atoms with E-state index in [1.54, 1.807) is 19.2 Å². The van der Waals surface area contributed by atoms with Crippen molar-refractivity contribution in [1.29, 1.82) is 0 Å². The molecule has 0 bridgehead atoms. The average Bonchev–Trinajstić information content (AvgIpc) is 2.43. The van der Waals surface area contributed by atoms with Gasteiger partial charge < -0.3 is 19.9 Å². The fraction of sp³-hybridized carbons (Fsp3) is 0.294. The van der Waals surface area contributed by atoms with Crippen LogP contribution in [0, 0.1) is 0 Å². The molecule has 0 heterocycles. The summed E-state index contributed by atoms with van der Waals surface area (Å²) >= 11 is 0. The van der Waals surface area contributed by atoms with Gasteiger partial charge in [0.25, 0.3) is 0 Å². The zero-order chi connectivity index (χ0) is 15.2. The topological polar surface area (TPSA) is 53.7 Å². The lowest BCUT2D eigenvalue weighted by Crippen LogP contribution is -2.07. The third-order valence-corrected chi connectivity index (χ3v) is 2.79. The van der Waals surface area contributed by atoms with Crippen LogP contribution in [0.2, 0.25) is 0 Å². The van der Waals surface area contributed by atoms with Crippen molar-refractivity contribution in [1.82, 2.24) is 0 Å². The molecule has 0 atom stereocenters. The van der Waals surface area contributed by atoms with Crippen LogP contribution in [0.1, 0.15) is 19.4 Å². The molecular weight excluding hydrogens is 266 g/mol. The summed E-state index contributed by atoms with van der Waals surface area (Å²) in [6.45, 7) is 4.48. The van der Waals surface area contributed by atoms with Gasteiger partial charge >= 0.3 is 0 Å². The number of hydrogen-bond donors (Lipinski definition) is 1. The van der Waals surface area contributed by atoms with Crippen LogP contribution in [0.4, 0.5) is 5.69 Å². The van der Waals surface area contributed by atoms with Crippen molar-refractivity contribution in [3.05, 3.63) is 48.0 Å². The summed E-state index contributed by atoms with van der Waals surface area (Å²) in [4.78, 5) is 0. The summed E-state index contributed by atoms with van der Waals surface area (Å²) in [7, 11) is 1.67. The maximum Gasteiger partial charge on any atom is 0.146 e. The Bertz CT molecular complexity index is 596. The maximum absolute atomic E-state index is 5.90. The summed E-state index contributed by atoms with van der Waals surface area (Å²) in [5.74, 6) is 2.08. The van der Waals surface area contributed by atoms with Crippen molar-refractivity contribution < 1.29 is 14.2 Å². The lowest BCUT2D eigenvalue weighted by atomic mass is 10.2. The summed E-state index contributed by atoms with van der Waals surface area (Å²) in [6, 6.07) is 13.2. The van der Waals surface area contributed by atoms with Crippen molar-refractivity contribution >= 4 is 5.69 Å². The van der Waals surface area contributed by atoms with Crippen LogP contribution in [-0.2, 0) is 11.3 Å². The Morgan fingerprint density at radius 1 is 1.05 bits per heavy atom. The standard InChI is InChI=1S/C17H21NO3/c1-12(2)20-17-10-15(7-8-16(17)18)21-14-6-4-5-13(9-14)11-19-3/h4-10,12H,11,18H2,1-3H3. The van der Waals surface area contributed by atoms with Crippen molar-refractivity contribution in [3.63, 3.8) is 0 Å². The molecule has 2 N–H and O–H groups in total. The first-order chi connectivity index (χ1) is 10.1. The molecule has 2 aromatic carbocycles. The fourth-order valence-electron chi connectivity index (χ4n) is 1.94. The first-order valence-electron chi connectivity index (χ1n) is 6.90. The normalized spacial score (nSPS) is 10.7. The molecule has 2 rings (SSSR count). The molecule has 0 amide bonds. The minimum absolute atomic E-state index is 0.0626. The first kappa shape index (κ1) is 15.2. The van der Waals surface area contributed by atoms with E-state index < -0.39 is 0 Å². The fourth-order valence-corrected chi connectivity index (χ4v) is 1.94. The van der Waals surface area contributed by atoms with Gasteiger partial charge in [0.15, 0.2) is 0 Å². The van der Waals surface area contributed by atoms with Crippen LogP contribution >= 0.6 is 0 Å². The highest BCUT2D eigenvalue weighted by Gasteiger charge is 2.06. The Labute approximate surface area is 125 Å². The van der Waals surface area contributed by atoms with Gasteiger partial charge in [-0.3, -0.25) is 0 Å². The number of methoxy groups -OCH3 is 1. The number of ether oxygens (including phenoxy) is 3. The second-order valence-electron chi connectivity index (χ2n) is 5.05. The molecule has 112 valence electrons. The highest BCUT2D eigenvalue weighted by Crippen LogP contribution is 2.31. The van der Waals surface area contributed by atoms with Crippen LogP contribution in [0.5, 0.6) is 17.2 Å². The highest BCUT2D eigenvalue weighted by molar-refractivity contribution is 5.56. The van der Waals surface area contributed by atoms with E-state index in [-0.39, 0.29) is 6.10 Å². The molecule has 0 radical (unpaired) electrons. The minimum atomic E-state index is 0.0626. The van der Waals surface area contributed by atoms with Crippen LogP contribution in [-0.4, -0.2) is 13.2 Å². The number of nitrogen functional groups attached to an aromatic ring is 1. The molecule has 0 aliphatic heterocycles. The predicted molar refractivity (Wildman–Crippen MR) is 83.8 cm³/mol. The molecule has 0 aliphatic carbocycles. The number of anilines is 1. The number of benzene rings is 2. The lowest BCUT2D eigenvalue weighted by molar-refractivity contribution is 0.184. The maximum atomic E-state index is 5.90. The van der Waals surface area contributed by atoms with Gasteiger partial charge in [-0.15, -0.1) is 0 Å². The molecule has 0 unspecified atom stereocenters. The average molecular weight is 287 g/mol. The summed E-state index contributed by atoms with van der Waals surface area (Å²) in [5, 5.41) is 0. The quantitative estimate of drug-likeness (QED) is 0.816. The third-order valence-electron chi connectivity index (χ3n) is 2.79. The van der Waals surface area contributed by atoms with E-state index in [2.05, 4.69) is 0 Å². The minimum Gasteiger partial charge on any atom is -0.489 e. The van der Waals surface area contributed by atoms with Gasteiger partial charge in [-0.2, -0.15) is 0 Å². The summed E-state index contributed by atoms with van der Waals surface area (Å²) < 4.78 is 16.6. The van der Waals surface area contributed by atoms with Crippen LogP contribution in [0.3, 0.4) is 0 Å². The molecule has 4 heteroatoms. The molecular formula is C17H21NO3. The number of rotatable bonds is 6. The van der Waals surface area contributed by atoms with E-state index in [4.69, 9.17) is 19.9 Å². The first-order valence-corrected chi connectivity index (χ1v) is 6.90. The van der Waals surface area contributed by atoms with Gasteiger partial charge in [0.05, 0.1) is 18.4 Å². The Balaban J connectivity index is 2.17. The molecule has 2 aromatic rings. The molecule has 0 fully saturated rings. The van der Waals surface area contributed by atoms with E-state index in [1.165, 1.54) is 0 Å². The monoisotopic (exact) mass is 287 g/mol. The zero-order valence-electron chi connectivity index (χ0n) is 12.6. The SMILES string of the molecule is COCc1cccc(Oc2ccc(N)c(OC(C)C)c2)c1. The van der Waals surface area contributed by atoms with Gasteiger partial charge in [-0.25, -0.2) is 0 Å².